The third kappa shape index (κ3) is 7.89. The van der Waals surface area contributed by atoms with Crippen molar-refractivity contribution in [1.82, 2.24) is 35.9 Å². The molecule has 0 radical (unpaired) electrons. The number of carbonyl (C=O) groups is 1. The van der Waals surface area contributed by atoms with Crippen LogP contribution in [0.15, 0.2) is 61.1 Å². The van der Waals surface area contributed by atoms with Crippen LogP contribution >= 0.6 is 11.6 Å². The molecule has 12 nitrogen and oxygen atoms in total. The van der Waals surface area contributed by atoms with Gasteiger partial charge in [0.1, 0.15) is 17.5 Å². The van der Waals surface area contributed by atoms with Gasteiger partial charge in [0.2, 0.25) is 17.7 Å². The first-order chi connectivity index (χ1) is 24.2. The van der Waals surface area contributed by atoms with Gasteiger partial charge in [-0.25, -0.2) is 9.97 Å². The van der Waals surface area contributed by atoms with E-state index in [0.29, 0.717) is 66.0 Å². The number of benzene rings is 2. The van der Waals surface area contributed by atoms with Crippen molar-refractivity contribution in [2.45, 2.75) is 63.9 Å². The molecule has 50 heavy (non-hydrogen) atoms. The quantitative estimate of drug-likeness (QED) is 0.144. The topological polar surface area (TPSA) is 158 Å². The van der Waals surface area contributed by atoms with Crippen LogP contribution in [0, 0.1) is 6.92 Å². The Morgan fingerprint density at radius 3 is 2.12 bits per heavy atom. The number of amides is 1. The summed E-state index contributed by atoms with van der Waals surface area (Å²) in [6, 6.07) is 12.3. The Morgan fingerprint density at radius 1 is 0.920 bits per heavy atom. The first kappa shape index (κ1) is 35.2. The Hall–Kier alpha value is -4.62. The van der Waals surface area contributed by atoms with Crippen molar-refractivity contribution in [3.63, 3.8) is 0 Å². The molecule has 1 amide bonds. The van der Waals surface area contributed by atoms with Crippen LogP contribution in [0.4, 0.5) is 0 Å². The molecule has 5 N–H and O–H groups in total. The van der Waals surface area contributed by atoms with Crippen molar-refractivity contribution in [2.75, 3.05) is 27.3 Å². The largest absolute Gasteiger partial charge is 0.480 e. The van der Waals surface area contributed by atoms with E-state index in [1.807, 2.05) is 43.3 Å². The molecule has 0 bridgehead atoms. The fraction of sp³-hybridized carbons (Fsp3) is 0.378. The molecule has 2 aliphatic heterocycles. The van der Waals surface area contributed by atoms with Crippen LogP contribution < -0.4 is 31.2 Å². The van der Waals surface area contributed by atoms with E-state index in [1.54, 1.807) is 26.6 Å². The lowest BCUT2D eigenvalue weighted by Crippen LogP contribution is -2.33. The van der Waals surface area contributed by atoms with Crippen LogP contribution in [-0.4, -0.2) is 71.4 Å². The number of hydrogen-bond acceptors (Lipinski definition) is 11. The van der Waals surface area contributed by atoms with Crippen LogP contribution in [0.25, 0.3) is 33.6 Å². The van der Waals surface area contributed by atoms with E-state index < -0.39 is 12.0 Å². The van der Waals surface area contributed by atoms with E-state index >= 15 is 0 Å². The van der Waals surface area contributed by atoms with Crippen molar-refractivity contribution in [2.24, 2.45) is 5.73 Å². The number of nitrogens with two attached hydrogens (primary N) is 1. The lowest BCUT2D eigenvalue weighted by molar-refractivity contribution is -0.128. The molecule has 2 fully saturated rings. The van der Waals surface area contributed by atoms with E-state index in [1.165, 1.54) is 0 Å². The Bertz CT molecular complexity index is 1870. The minimum absolute atomic E-state index is 0.0806. The summed E-state index contributed by atoms with van der Waals surface area (Å²) in [5, 5.41) is 10.7. The second-order valence-electron chi connectivity index (χ2n) is 12.5. The van der Waals surface area contributed by atoms with E-state index in [2.05, 4.69) is 32.5 Å². The number of nitrogens with zero attached hydrogens (tertiary/aromatic N) is 4. The number of methoxy groups -OCH3 is 2. The van der Waals surface area contributed by atoms with Crippen LogP contribution in [0.1, 0.15) is 42.6 Å². The van der Waals surface area contributed by atoms with Crippen molar-refractivity contribution < 1.29 is 19.0 Å². The molecule has 4 heterocycles. The van der Waals surface area contributed by atoms with Crippen molar-refractivity contribution in [1.29, 1.82) is 0 Å². The monoisotopic (exact) mass is 698 g/mol. The maximum Gasteiger partial charge on any atom is 0.246 e. The van der Waals surface area contributed by atoms with Gasteiger partial charge < -0.3 is 35.9 Å². The summed E-state index contributed by atoms with van der Waals surface area (Å²) >= 11 is 7.12. The van der Waals surface area contributed by atoms with Crippen LogP contribution in [-0.2, 0) is 22.6 Å². The van der Waals surface area contributed by atoms with Gasteiger partial charge in [-0.3, -0.25) is 14.8 Å². The molecule has 2 aliphatic rings. The summed E-state index contributed by atoms with van der Waals surface area (Å²) in [5.41, 5.74) is 13.6. The molecule has 0 aliphatic carbocycles. The molecule has 3 atom stereocenters. The highest BCUT2D eigenvalue weighted by atomic mass is 35.5. The van der Waals surface area contributed by atoms with E-state index in [4.69, 9.17) is 41.5 Å². The maximum atomic E-state index is 11.4. The maximum absolute atomic E-state index is 11.4. The smallest absolute Gasteiger partial charge is 0.246 e. The van der Waals surface area contributed by atoms with Gasteiger partial charge in [-0.1, -0.05) is 54.6 Å². The molecule has 4 aromatic rings. The molecule has 2 unspecified atom stereocenters. The van der Waals surface area contributed by atoms with Gasteiger partial charge in [-0.05, 0) is 43.7 Å². The minimum Gasteiger partial charge on any atom is -0.480 e. The molecular formula is C37H43ClN8O4. The summed E-state index contributed by atoms with van der Waals surface area (Å²) in [7, 11) is 3.18. The third-order valence-corrected chi connectivity index (χ3v) is 9.57. The zero-order chi connectivity index (χ0) is 35.2. The Morgan fingerprint density at radius 2 is 1.52 bits per heavy atom. The number of rotatable bonds is 14. The van der Waals surface area contributed by atoms with Crippen molar-refractivity contribution in [3.8, 4) is 45.4 Å². The van der Waals surface area contributed by atoms with Crippen LogP contribution in [0.5, 0.6) is 11.8 Å². The Labute approximate surface area is 297 Å². The van der Waals surface area contributed by atoms with Crippen LogP contribution in [0.3, 0.4) is 0 Å². The number of halogens is 1. The third-order valence-electron chi connectivity index (χ3n) is 9.16. The number of carbonyl (C=O) groups excluding carboxylic acids is 1. The molecule has 0 spiro atoms. The van der Waals surface area contributed by atoms with Gasteiger partial charge in [0, 0.05) is 54.6 Å². The van der Waals surface area contributed by atoms with Gasteiger partial charge in [-0.2, -0.15) is 0 Å². The highest BCUT2D eigenvalue weighted by Crippen LogP contribution is 2.39. The molecule has 6 rings (SSSR count). The molecule has 262 valence electrons. The molecule has 13 heteroatoms. The number of allylic oxidation sites excluding steroid dienone is 1. The highest BCUT2D eigenvalue weighted by molar-refractivity contribution is 6.36. The van der Waals surface area contributed by atoms with Gasteiger partial charge in [0.25, 0.3) is 0 Å². The van der Waals surface area contributed by atoms with E-state index in [0.717, 1.165) is 65.0 Å². The van der Waals surface area contributed by atoms with Crippen LogP contribution in [0.2, 0.25) is 5.02 Å². The summed E-state index contributed by atoms with van der Waals surface area (Å²) in [6.45, 7) is 8.37. The Kier molecular flexibility index (Phi) is 11.2. The summed E-state index contributed by atoms with van der Waals surface area (Å²) in [5.74, 6) is 0.455. The van der Waals surface area contributed by atoms with Crippen molar-refractivity contribution in [3.05, 3.63) is 83.0 Å². The van der Waals surface area contributed by atoms with Gasteiger partial charge >= 0.3 is 0 Å². The molecule has 2 saturated heterocycles. The standard InChI is InChI=1S/C37H43ClN8O4/c1-21-11-12-23(44-21)15-40-17-31-37(49-4)46-30(20-43-31)28-10-6-9-27(34(28)38)25-7-5-8-26(22(25)2)29-19-42-32(36(45-29)48-3)18-41-16-24-13-14-33(50-24)35(39)47/h5-10,19-20,23-24,33,40-41,44H,1,11-18H2,2-4H3,(H2,39,47)/t23-,24?,33?/m0/s1. The Balaban J connectivity index is 1.18. The second kappa shape index (κ2) is 15.9. The fourth-order valence-electron chi connectivity index (χ4n) is 6.48. The predicted octanol–water partition coefficient (Wildman–Crippen LogP) is 4.72. The summed E-state index contributed by atoms with van der Waals surface area (Å²) < 4.78 is 17.0. The van der Waals surface area contributed by atoms with E-state index in [-0.39, 0.29) is 6.10 Å². The van der Waals surface area contributed by atoms with Crippen molar-refractivity contribution >= 4 is 17.5 Å². The first-order valence-electron chi connectivity index (χ1n) is 16.7. The molecule has 2 aromatic carbocycles. The average Bonchev–Trinajstić information content (AvgIpc) is 3.78. The number of ether oxygens (including phenoxy) is 3. The average molecular weight is 699 g/mol. The fourth-order valence-corrected chi connectivity index (χ4v) is 6.81. The molecular weight excluding hydrogens is 656 g/mol. The number of nitrogens with one attached hydrogen (secondary N) is 3. The minimum atomic E-state index is -0.519. The van der Waals surface area contributed by atoms with Gasteiger partial charge in [0.05, 0.1) is 49.1 Å². The summed E-state index contributed by atoms with van der Waals surface area (Å²) in [4.78, 5) is 30.4. The number of primary amides is 1. The number of hydrogen-bond donors (Lipinski definition) is 4. The zero-order valence-corrected chi connectivity index (χ0v) is 29.3. The molecule has 0 saturated carbocycles. The predicted molar refractivity (Wildman–Crippen MR) is 193 cm³/mol. The lowest BCUT2D eigenvalue weighted by Gasteiger charge is -2.16. The molecule has 2 aromatic heterocycles. The van der Waals surface area contributed by atoms with Gasteiger partial charge in [-0.15, -0.1) is 0 Å². The number of aromatic nitrogens is 4. The zero-order valence-electron chi connectivity index (χ0n) is 28.6. The van der Waals surface area contributed by atoms with Gasteiger partial charge in [0.15, 0.2) is 0 Å². The normalized spacial score (nSPS) is 18.6. The lowest BCUT2D eigenvalue weighted by atomic mass is 9.93. The van der Waals surface area contributed by atoms with E-state index in [9.17, 15) is 4.79 Å². The second-order valence-corrected chi connectivity index (χ2v) is 12.9. The SMILES string of the molecule is C=C1CC[C@@H](CNCc2ncc(-c3cccc(-c4cccc(-c5cnc(CNCC6CCC(C(N)=O)O6)c(OC)n5)c4C)c3Cl)nc2OC)N1. The highest BCUT2D eigenvalue weighted by Gasteiger charge is 2.29. The first-order valence-corrected chi connectivity index (χ1v) is 17.1. The summed E-state index contributed by atoms with van der Waals surface area (Å²) in [6.07, 6.45) is 6.36.